The first-order chi connectivity index (χ1) is 10.1. The van der Waals surface area contributed by atoms with E-state index in [1.54, 1.807) is 4.90 Å². The zero-order valence-corrected chi connectivity index (χ0v) is 11.8. The van der Waals surface area contributed by atoms with Gasteiger partial charge in [-0.1, -0.05) is 0 Å². The molecule has 0 aliphatic carbocycles. The van der Waals surface area contributed by atoms with Crippen molar-refractivity contribution in [3.05, 3.63) is 23.8 Å². The molecule has 0 unspecified atom stereocenters. The average Bonchev–Trinajstić information content (AvgIpc) is 2.39. The maximum atomic E-state index is 13.1. The number of nitrogens with two attached hydrogens (primary N) is 1. The summed E-state index contributed by atoms with van der Waals surface area (Å²) in [4.78, 5) is 1.76. The van der Waals surface area contributed by atoms with Gasteiger partial charge in [-0.25, -0.2) is 8.78 Å². The van der Waals surface area contributed by atoms with Crippen LogP contribution in [0.2, 0.25) is 0 Å². The first-order valence-electron chi connectivity index (χ1n) is 6.83. The first kappa shape index (κ1) is 16.8. The first-order valence-corrected chi connectivity index (χ1v) is 6.83. The van der Waals surface area contributed by atoms with E-state index >= 15 is 0 Å². The molecule has 2 N–H and O–H groups in total. The second kappa shape index (κ2) is 6.28. The van der Waals surface area contributed by atoms with Crippen molar-refractivity contribution < 1.29 is 26.7 Å². The van der Waals surface area contributed by atoms with Crippen molar-refractivity contribution in [3.8, 4) is 5.75 Å². The largest absolute Gasteiger partial charge is 0.484 e. The molecular weight excluding hydrogens is 307 g/mol. The molecule has 1 aliphatic heterocycles. The van der Waals surface area contributed by atoms with Gasteiger partial charge >= 0.3 is 6.18 Å². The van der Waals surface area contributed by atoms with Crippen LogP contribution in [0.3, 0.4) is 0 Å². The van der Waals surface area contributed by atoms with Gasteiger partial charge in [0, 0.05) is 43.7 Å². The molecule has 0 radical (unpaired) electrons. The van der Waals surface area contributed by atoms with E-state index in [1.807, 2.05) is 0 Å². The van der Waals surface area contributed by atoms with E-state index in [-0.39, 0.29) is 38.2 Å². The van der Waals surface area contributed by atoms with Crippen molar-refractivity contribution in [2.45, 2.75) is 31.5 Å². The molecule has 2 rings (SSSR count). The van der Waals surface area contributed by atoms with Gasteiger partial charge in [0.25, 0.3) is 5.92 Å². The molecule has 1 saturated heterocycles. The fourth-order valence-corrected chi connectivity index (χ4v) is 2.30. The van der Waals surface area contributed by atoms with Crippen LogP contribution in [0.1, 0.15) is 18.4 Å². The van der Waals surface area contributed by atoms with Crippen LogP contribution in [-0.2, 0) is 6.54 Å². The average molecular weight is 324 g/mol. The molecule has 0 aromatic heterocycles. The Labute approximate surface area is 124 Å². The molecule has 0 spiro atoms. The third kappa shape index (κ3) is 5.01. The number of piperidine rings is 1. The number of rotatable bonds is 4. The molecule has 0 bridgehead atoms. The van der Waals surface area contributed by atoms with Crippen LogP contribution in [0.15, 0.2) is 18.2 Å². The second-order valence-corrected chi connectivity index (χ2v) is 5.40. The van der Waals surface area contributed by atoms with Crippen LogP contribution in [0.5, 0.6) is 5.75 Å². The Bertz CT molecular complexity index is 508. The molecule has 0 atom stereocenters. The van der Waals surface area contributed by atoms with Crippen molar-refractivity contribution in [3.63, 3.8) is 0 Å². The lowest BCUT2D eigenvalue weighted by molar-refractivity contribution is -0.153. The quantitative estimate of drug-likeness (QED) is 0.681. The molecule has 0 saturated carbocycles. The van der Waals surface area contributed by atoms with Crippen molar-refractivity contribution in [1.82, 2.24) is 4.90 Å². The number of halogens is 5. The van der Waals surface area contributed by atoms with Crippen molar-refractivity contribution in [1.29, 1.82) is 0 Å². The highest BCUT2D eigenvalue weighted by molar-refractivity contribution is 5.47. The van der Waals surface area contributed by atoms with Gasteiger partial charge in [-0.2, -0.15) is 13.2 Å². The Hall–Kier alpha value is -1.57. The lowest BCUT2D eigenvalue weighted by atomic mass is 10.1. The number of hydrogen-bond acceptors (Lipinski definition) is 3. The molecule has 1 aromatic rings. The molecule has 124 valence electrons. The standard InChI is InChI=1S/C14H17F5N2O/c15-13(16)3-5-21(6-4-13)8-10-7-11(20)1-2-12(10)22-9-14(17,18)19/h1-2,7H,3-6,8-9,20H2. The molecule has 1 fully saturated rings. The maximum absolute atomic E-state index is 13.1. The van der Waals surface area contributed by atoms with Gasteiger partial charge in [0.2, 0.25) is 0 Å². The monoisotopic (exact) mass is 324 g/mol. The Morgan fingerprint density at radius 1 is 1.18 bits per heavy atom. The van der Waals surface area contributed by atoms with Gasteiger partial charge in [-0.15, -0.1) is 0 Å². The lowest BCUT2D eigenvalue weighted by Gasteiger charge is -2.32. The molecule has 3 nitrogen and oxygen atoms in total. The van der Waals surface area contributed by atoms with E-state index in [0.29, 0.717) is 11.3 Å². The Morgan fingerprint density at radius 3 is 2.41 bits per heavy atom. The molecule has 22 heavy (non-hydrogen) atoms. The molecular formula is C14H17F5N2O. The van der Waals surface area contributed by atoms with Crippen LogP contribution in [0, 0.1) is 0 Å². The fraction of sp³-hybridized carbons (Fsp3) is 0.571. The highest BCUT2D eigenvalue weighted by Crippen LogP contribution is 2.30. The minimum Gasteiger partial charge on any atom is -0.484 e. The summed E-state index contributed by atoms with van der Waals surface area (Å²) in [6.07, 6.45) is -4.95. The molecule has 1 aliphatic rings. The minimum absolute atomic E-state index is 0.0730. The van der Waals surface area contributed by atoms with E-state index in [1.165, 1.54) is 18.2 Å². The number of ether oxygens (including phenoxy) is 1. The number of nitrogens with zero attached hydrogens (tertiary/aromatic N) is 1. The maximum Gasteiger partial charge on any atom is 0.422 e. The number of benzene rings is 1. The highest BCUT2D eigenvalue weighted by atomic mass is 19.4. The van der Waals surface area contributed by atoms with Gasteiger partial charge in [0.05, 0.1) is 0 Å². The van der Waals surface area contributed by atoms with E-state index in [0.717, 1.165) is 0 Å². The van der Waals surface area contributed by atoms with Gasteiger partial charge in [0.15, 0.2) is 6.61 Å². The summed E-state index contributed by atoms with van der Waals surface area (Å²) in [7, 11) is 0. The zero-order chi connectivity index (χ0) is 16.4. The number of alkyl halides is 5. The Kier molecular flexibility index (Phi) is 4.79. The van der Waals surface area contributed by atoms with E-state index in [2.05, 4.69) is 0 Å². The summed E-state index contributed by atoms with van der Waals surface area (Å²) in [5, 5.41) is 0. The Balaban J connectivity index is 2.04. The van der Waals surface area contributed by atoms with Crippen LogP contribution in [0.25, 0.3) is 0 Å². The van der Waals surface area contributed by atoms with Gasteiger partial charge in [0.1, 0.15) is 5.75 Å². The molecule has 1 aromatic carbocycles. The normalized spacial score (nSPS) is 19.1. The lowest BCUT2D eigenvalue weighted by Crippen LogP contribution is -2.38. The second-order valence-electron chi connectivity index (χ2n) is 5.40. The fourth-order valence-electron chi connectivity index (χ4n) is 2.30. The molecule has 8 heteroatoms. The number of hydrogen-bond donors (Lipinski definition) is 1. The van der Waals surface area contributed by atoms with Crippen molar-refractivity contribution in [2.24, 2.45) is 0 Å². The smallest absolute Gasteiger partial charge is 0.422 e. The Morgan fingerprint density at radius 2 is 1.82 bits per heavy atom. The number of nitrogen functional groups attached to an aromatic ring is 1. The van der Waals surface area contributed by atoms with E-state index in [9.17, 15) is 22.0 Å². The van der Waals surface area contributed by atoms with Crippen LogP contribution >= 0.6 is 0 Å². The summed E-state index contributed by atoms with van der Waals surface area (Å²) < 4.78 is 67.8. The SMILES string of the molecule is Nc1ccc(OCC(F)(F)F)c(CN2CCC(F)(F)CC2)c1. The minimum atomic E-state index is -4.44. The van der Waals surface area contributed by atoms with Crippen LogP contribution in [-0.4, -0.2) is 36.7 Å². The van der Waals surface area contributed by atoms with Gasteiger partial charge in [-0.3, -0.25) is 4.90 Å². The van der Waals surface area contributed by atoms with E-state index < -0.39 is 18.7 Å². The van der Waals surface area contributed by atoms with Crippen molar-refractivity contribution in [2.75, 3.05) is 25.4 Å². The van der Waals surface area contributed by atoms with Gasteiger partial charge in [-0.05, 0) is 18.2 Å². The summed E-state index contributed by atoms with van der Waals surface area (Å²) in [5.74, 6) is -2.59. The zero-order valence-electron chi connectivity index (χ0n) is 11.8. The predicted molar refractivity (Wildman–Crippen MR) is 71.9 cm³/mol. The number of anilines is 1. The molecule has 1 heterocycles. The van der Waals surface area contributed by atoms with Crippen LogP contribution in [0.4, 0.5) is 27.6 Å². The summed E-state index contributed by atoms with van der Waals surface area (Å²) in [5.41, 5.74) is 6.49. The summed E-state index contributed by atoms with van der Waals surface area (Å²) >= 11 is 0. The molecule has 0 amide bonds. The summed E-state index contributed by atoms with van der Waals surface area (Å²) in [6, 6.07) is 4.33. The topological polar surface area (TPSA) is 38.5 Å². The highest BCUT2D eigenvalue weighted by Gasteiger charge is 2.34. The van der Waals surface area contributed by atoms with Gasteiger partial charge < -0.3 is 10.5 Å². The number of likely N-dealkylation sites (tertiary alicyclic amines) is 1. The third-order valence-electron chi connectivity index (χ3n) is 3.46. The van der Waals surface area contributed by atoms with Crippen LogP contribution < -0.4 is 10.5 Å². The predicted octanol–water partition coefficient (Wildman–Crippen LogP) is 3.44. The third-order valence-corrected chi connectivity index (χ3v) is 3.46. The van der Waals surface area contributed by atoms with Crippen molar-refractivity contribution >= 4 is 5.69 Å². The van der Waals surface area contributed by atoms with E-state index in [4.69, 9.17) is 10.5 Å². The summed E-state index contributed by atoms with van der Waals surface area (Å²) in [6.45, 7) is -0.808.